The Morgan fingerprint density at radius 1 is 1.33 bits per heavy atom. The van der Waals surface area contributed by atoms with Gasteiger partial charge in [0.05, 0.1) is 0 Å². The minimum absolute atomic E-state index is 0. The van der Waals surface area contributed by atoms with Gasteiger partial charge in [-0.25, -0.2) is 0 Å². The van der Waals surface area contributed by atoms with Crippen LogP contribution >= 0.6 is 12.4 Å². The third kappa shape index (κ3) is 2.59. The van der Waals surface area contributed by atoms with Crippen molar-refractivity contribution in [3.8, 4) is 0 Å². The second kappa shape index (κ2) is 4.48. The Morgan fingerprint density at radius 2 is 1.87 bits per heavy atom. The minimum atomic E-state index is -0.350. The molecule has 0 amide bonds. The van der Waals surface area contributed by atoms with E-state index in [9.17, 15) is 4.79 Å². The topological polar surface area (TPSA) is 85.8 Å². The van der Waals surface area contributed by atoms with Gasteiger partial charge in [-0.3, -0.25) is 4.79 Å². The molecular weight excluding hydrogens is 218 g/mol. The van der Waals surface area contributed by atoms with Crippen LogP contribution in [0.4, 0.5) is 5.95 Å². The van der Waals surface area contributed by atoms with Crippen molar-refractivity contribution < 1.29 is 0 Å². The van der Waals surface area contributed by atoms with Gasteiger partial charge in [-0.1, -0.05) is 20.8 Å². The monoisotopic (exact) mass is 233 g/mol. The molecule has 0 saturated heterocycles. The third-order valence-electron chi connectivity index (χ3n) is 1.83. The smallest absolute Gasteiger partial charge is 0.295 e. The molecule has 0 bridgehead atoms. The summed E-state index contributed by atoms with van der Waals surface area (Å²) in [6.45, 7) is 5.66. The average Bonchev–Trinajstić information content (AvgIpc) is 2.07. The van der Waals surface area contributed by atoms with Gasteiger partial charge in [0.1, 0.15) is 5.69 Å². The van der Waals surface area contributed by atoms with Crippen LogP contribution in [0.3, 0.4) is 0 Å². The summed E-state index contributed by atoms with van der Waals surface area (Å²) in [5.74, 6) is 5.78. The zero-order chi connectivity index (χ0) is 10.9. The first-order chi connectivity index (χ1) is 6.38. The molecule has 0 atom stereocenters. The Bertz CT molecular complexity index is 395. The SMILES string of the molecule is CNc1nnc(C(C)(C)C)c(=O)n1N.Cl. The fourth-order valence-electron chi connectivity index (χ4n) is 1.04. The van der Waals surface area contributed by atoms with E-state index in [1.54, 1.807) is 7.05 Å². The number of hydrogen-bond acceptors (Lipinski definition) is 5. The van der Waals surface area contributed by atoms with Gasteiger partial charge >= 0.3 is 0 Å². The molecule has 0 saturated carbocycles. The summed E-state index contributed by atoms with van der Waals surface area (Å²) in [6, 6.07) is 0. The highest BCUT2D eigenvalue weighted by atomic mass is 35.5. The Morgan fingerprint density at radius 3 is 2.27 bits per heavy atom. The third-order valence-corrected chi connectivity index (χ3v) is 1.83. The van der Waals surface area contributed by atoms with Gasteiger partial charge in [0.2, 0.25) is 5.95 Å². The van der Waals surface area contributed by atoms with E-state index in [2.05, 4.69) is 15.5 Å². The van der Waals surface area contributed by atoms with Gasteiger partial charge in [-0.15, -0.1) is 22.6 Å². The number of nitrogens with one attached hydrogen (secondary N) is 1. The standard InChI is InChI=1S/C8H15N5O.ClH/c1-8(2,3)5-6(14)13(9)7(10-4)12-11-5;/h9H2,1-4H3,(H,10,12);1H. The van der Waals surface area contributed by atoms with Gasteiger partial charge in [0.15, 0.2) is 0 Å². The van der Waals surface area contributed by atoms with Crippen molar-refractivity contribution >= 4 is 18.4 Å². The Labute approximate surface area is 94.3 Å². The summed E-state index contributed by atoms with van der Waals surface area (Å²) < 4.78 is 0.966. The first-order valence-electron chi connectivity index (χ1n) is 4.31. The molecule has 0 aliphatic heterocycles. The average molecular weight is 234 g/mol. The molecule has 6 nitrogen and oxygen atoms in total. The van der Waals surface area contributed by atoms with E-state index in [1.165, 1.54) is 0 Å². The van der Waals surface area contributed by atoms with E-state index >= 15 is 0 Å². The molecule has 0 aliphatic carbocycles. The van der Waals surface area contributed by atoms with Crippen molar-refractivity contribution in [3.63, 3.8) is 0 Å². The van der Waals surface area contributed by atoms with Crippen LogP contribution in [0.1, 0.15) is 26.5 Å². The highest BCUT2D eigenvalue weighted by Gasteiger charge is 2.22. The number of nitrogens with two attached hydrogens (primary N) is 1. The largest absolute Gasteiger partial charge is 0.356 e. The molecule has 15 heavy (non-hydrogen) atoms. The van der Waals surface area contributed by atoms with Crippen LogP contribution in [-0.4, -0.2) is 21.9 Å². The minimum Gasteiger partial charge on any atom is -0.356 e. The molecule has 1 heterocycles. The molecular formula is C8H16ClN5O. The van der Waals surface area contributed by atoms with Crippen LogP contribution in [0.5, 0.6) is 0 Å². The van der Waals surface area contributed by atoms with E-state index in [0.717, 1.165) is 4.68 Å². The maximum Gasteiger partial charge on any atom is 0.295 e. The van der Waals surface area contributed by atoms with Crippen molar-refractivity contribution in [2.75, 3.05) is 18.2 Å². The van der Waals surface area contributed by atoms with Gasteiger partial charge in [-0.05, 0) is 0 Å². The van der Waals surface area contributed by atoms with Crippen LogP contribution < -0.4 is 16.7 Å². The van der Waals surface area contributed by atoms with Crippen LogP contribution in [0, 0.1) is 0 Å². The predicted octanol–water partition coefficient (Wildman–Crippen LogP) is 0.113. The number of anilines is 1. The van der Waals surface area contributed by atoms with E-state index in [1.807, 2.05) is 20.8 Å². The molecule has 0 aliphatic rings. The van der Waals surface area contributed by atoms with Gasteiger partial charge in [0.25, 0.3) is 5.56 Å². The van der Waals surface area contributed by atoms with E-state index in [4.69, 9.17) is 5.84 Å². The van der Waals surface area contributed by atoms with Crippen molar-refractivity contribution in [1.82, 2.24) is 14.9 Å². The number of nitrogens with zero attached hydrogens (tertiary/aromatic N) is 3. The number of hydrogen-bond donors (Lipinski definition) is 2. The highest BCUT2D eigenvalue weighted by Crippen LogP contribution is 2.15. The quantitative estimate of drug-likeness (QED) is 0.673. The van der Waals surface area contributed by atoms with Crippen molar-refractivity contribution in [2.24, 2.45) is 0 Å². The van der Waals surface area contributed by atoms with Crippen LogP contribution in [0.25, 0.3) is 0 Å². The first-order valence-corrected chi connectivity index (χ1v) is 4.31. The lowest BCUT2D eigenvalue weighted by atomic mass is 9.93. The summed E-state index contributed by atoms with van der Waals surface area (Å²) in [6.07, 6.45) is 0. The zero-order valence-electron chi connectivity index (χ0n) is 9.24. The number of halogens is 1. The van der Waals surface area contributed by atoms with Gasteiger partial charge < -0.3 is 11.2 Å². The van der Waals surface area contributed by atoms with Crippen molar-refractivity contribution in [2.45, 2.75) is 26.2 Å². The van der Waals surface area contributed by atoms with Crippen LogP contribution in [0.15, 0.2) is 4.79 Å². The van der Waals surface area contributed by atoms with Crippen molar-refractivity contribution in [3.05, 3.63) is 16.0 Å². The number of rotatable bonds is 1. The Hall–Kier alpha value is -1.30. The summed E-state index contributed by atoms with van der Waals surface area (Å²) in [4.78, 5) is 11.7. The molecule has 1 rings (SSSR count). The molecule has 1 aromatic rings. The molecule has 7 heteroatoms. The Balaban J connectivity index is 0.00000196. The summed E-state index contributed by atoms with van der Waals surface area (Å²) in [7, 11) is 1.63. The van der Waals surface area contributed by atoms with E-state index in [-0.39, 0.29) is 29.3 Å². The normalized spacial score (nSPS) is 10.7. The molecule has 1 aromatic heterocycles. The highest BCUT2D eigenvalue weighted by molar-refractivity contribution is 5.85. The van der Waals surface area contributed by atoms with E-state index in [0.29, 0.717) is 5.69 Å². The van der Waals surface area contributed by atoms with Gasteiger partial charge in [-0.2, -0.15) is 4.68 Å². The number of nitrogen functional groups attached to an aromatic ring is 1. The Kier molecular flexibility index (Phi) is 4.09. The van der Waals surface area contributed by atoms with Crippen molar-refractivity contribution in [1.29, 1.82) is 0 Å². The zero-order valence-corrected chi connectivity index (χ0v) is 10.1. The molecule has 0 fully saturated rings. The summed E-state index contributed by atoms with van der Waals surface area (Å²) in [5, 5.41) is 10.3. The summed E-state index contributed by atoms with van der Waals surface area (Å²) >= 11 is 0. The van der Waals surface area contributed by atoms with E-state index < -0.39 is 0 Å². The maximum absolute atomic E-state index is 11.7. The molecule has 0 aromatic carbocycles. The second-order valence-electron chi connectivity index (χ2n) is 4.05. The lowest BCUT2D eigenvalue weighted by Gasteiger charge is -2.16. The van der Waals surface area contributed by atoms with Crippen LogP contribution in [0.2, 0.25) is 0 Å². The second-order valence-corrected chi connectivity index (χ2v) is 4.05. The molecule has 0 spiro atoms. The number of aromatic nitrogens is 3. The van der Waals surface area contributed by atoms with Gasteiger partial charge in [0, 0.05) is 12.5 Å². The predicted molar refractivity (Wildman–Crippen MR) is 61.9 cm³/mol. The lowest BCUT2D eigenvalue weighted by molar-refractivity contribution is 0.539. The molecule has 0 unspecified atom stereocenters. The fourth-order valence-corrected chi connectivity index (χ4v) is 1.04. The first kappa shape index (κ1) is 13.7. The molecule has 0 radical (unpaired) electrons. The summed E-state index contributed by atoms with van der Waals surface area (Å²) in [5.41, 5.74) is -0.312. The molecule has 3 N–H and O–H groups in total. The fraction of sp³-hybridized carbons (Fsp3) is 0.625. The lowest BCUT2D eigenvalue weighted by Crippen LogP contribution is -2.38. The maximum atomic E-state index is 11.7. The van der Waals surface area contributed by atoms with Crippen LogP contribution in [-0.2, 0) is 5.41 Å². The molecule has 86 valence electrons.